The van der Waals surface area contributed by atoms with Gasteiger partial charge in [0.25, 0.3) is 5.91 Å². The number of nitrogens with one attached hydrogen (secondary N) is 2. The Morgan fingerprint density at radius 1 is 1.50 bits per heavy atom. The molecule has 0 saturated heterocycles. The molecule has 3 amide bonds. The van der Waals surface area contributed by atoms with Crippen molar-refractivity contribution in [1.29, 1.82) is 5.26 Å². The van der Waals surface area contributed by atoms with Gasteiger partial charge in [0.15, 0.2) is 6.61 Å². The van der Waals surface area contributed by atoms with E-state index in [2.05, 4.69) is 5.32 Å². The third kappa shape index (κ3) is 3.96. The van der Waals surface area contributed by atoms with Gasteiger partial charge in [-0.25, -0.2) is 4.79 Å². The van der Waals surface area contributed by atoms with Gasteiger partial charge in [-0.05, 0) is 18.2 Å². The predicted octanol–water partition coefficient (Wildman–Crippen LogP) is 1.05. The van der Waals surface area contributed by atoms with Crippen LogP contribution in [0.2, 0.25) is 5.02 Å². The molecule has 94 valence electrons. The molecule has 0 fully saturated rings. The van der Waals surface area contributed by atoms with Crippen LogP contribution in [0, 0.1) is 11.3 Å². The maximum atomic E-state index is 11.2. The smallest absolute Gasteiger partial charge is 0.321 e. The van der Waals surface area contributed by atoms with Crippen LogP contribution in [0.5, 0.6) is 5.75 Å². The molecule has 0 saturated carbocycles. The molecule has 18 heavy (non-hydrogen) atoms. The maximum Gasteiger partial charge on any atom is 0.321 e. The minimum absolute atomic E-state index is 0.224. The summed E-state index contributed by atoms with van der Waals surface area (Å²) in [6.45, 7) is -0.348. The second-order valence-electron chi connectivity index (χ2n) is 3.17. The Kier molecular flexibility index (Phi) is 4.96. The molecular weight excluding hydrogens is 258 g/mol. The number of rotatable bonds is 3. The Balaban J connectivity index is 2.56. The molecule has 0 aliphatic carbocycles. The normalized spacial score (nSPS) is 9.17. The number of carbonyl (C=O) groups is 2. The number of amides is 3. The van der Waals surface area contributed by atoms with Crippen molar-refractivity contribution in [2.45, 2.75) is 0 Å². The summed E-state index contributed by atoms with van der Waals surface area (Å²) in [5.74, 6) is -0.336. The number of nitrogens with zero attached hydrogens (tertiary/aromatic N) is 1. The molecule has 0 heterocycles. The summed E-state index contributed by atoms with van der Waals surface area (Å²) in [5.41, 5.74) is 0.391. The zero-order chi connectivity index (χ0) is 13.5. The third-order valence-corrected chi connectivity index (χ3v) is 2.20. The lowest BCUT2D eigenvalue weighted by molar-refractivity contribution is -0.121. The first-order valence-electron chi connectivity index (χ1n) is 4.91. The Hall–Kier alpha value is -2.26. The molecule has 1 aromatic rings. The van der Waals surface area contributed by atoms with Gasteiger partial charge in [0.1, 0.15) is 5.75 Å². The number of benzene rings is 1. The van der Waals surface area contributed by atoms with Crippen molar-refractivity contribution in [2.24, 2.45) is 0 Å². The highest BCUT2D eigenvalue weighted by Crippen LogP contribution is 2.24. The molecule has 0 bridgehead atoms. The highest BCUT2D eigenvalue weighted by Gasteiger charge is 2.08. The van der Waals surface area contributed by atoms with E-state index in [1.165, 1.54) is 25.2 Å². The molecule has 0 aliphatic heterocycles. The molecule has 0 atom stereocenters. The molecule has 6 nitrogen and oxygen atoms in total. The van der Waals surface area contributed by atoms with Gasteiger partial charge in [-0.1, -0.05) is 11.6 Å². The van der Waals surface area contributed by atoms with Gasteiger partial charge < -0.3 is 10.1 Å². The van der Waals surface area contributed by atoms with E-state index < -0.39 is 11.9 Å². The van der Waals surface area contributed by atoms with Gasteiger partial charge >= 0.3 is 6.03 Å². The lowest BCUT2D eigenvalue weighted by Gasteiger charge is -2.07. The van der Waals surface area contributed by atoms with Crippen molar-refractivity contribution in [3.05, 3.63) is 28.8 Å². The summed E-state index contributed by atoms with van der Waals surface area (Å²) in [6.07, 6.45) is 0. The number of carbonyl (C=O) groups excluding carboxylic acids is 2. The molecule has 2 N–H and O–H groups in total. The number of halogens is 1. The number of imide groups is 1. The van der Waals surface area contributed by atoms with E-state index in [4.69, 9.17) is 21.6 Å². The van der Waals surface area contributed by atoms with Gasteiger partial charge in [-0.15, -0.1) is 0 Å². The zero-order valence-corrected chi connectivity index (χ0v) is 10.2. The quantitative estimate of drug-likeness (QED) is 0.856. The number of nitriles is 1. The van der Waals surface area contributed by atoms with Crippen LogP contribution in [-0.4, -0.2) is 25.6 Å². The van der Waals surface area contributed by atoms with E-state index in [1.54, 1.807) is 0 Å². The van der Waals surface area contributed by atoms with Crippen molar-refractivity contribution in [3.8, 4) is 11.8 Å². The summed E-state index contributed by atoms with van der Waals surface area (Å²) in [5, 5.41) is 13.1. The Morgan fingerprint density at radius 2 is 2.22 bits per heavy atom. The van der Waals surface area contributed by atoms with Gasteiger partial charge in [0.2, 0.25) is 0 Å². The van der Waals surface area contributed by atoms with Crippen molar-refractivity contribution in [1.82, 2.24) is 10.6 Å². The van der Waals surface area contributed by atoms with Crippen LogP contribution in [0.1, 0.15) is 5.56 Å². The van der Waals surface area contributed by atoms with E-state index in [1.807, 2.05) is 11.4 Å². The number of hydrogen-bond acceptors (Lipinski definition) is 4. The van der Waals surface area contributed by atoms with E-state index in [-0.39, 0.29) is 17.4 Å². The van der Waals surface area contributed by atoms with E-state index in [9.17, 15) is 9.59 Å². The molecule has 0 radical (unpaired) electrons. The fourth-order valence-electron chi connectivity index (χ4n) is 1.06. The lowest BCUT2D eigenvalue weighted by Crippen LogP contribution is -2.39. The lowest BCUT2D eigenvalue weighted by atomic mass is 10.2. The zero-order valence-electron chi connectivity index (χ0n) is 9.49. The van der Waals surface area contributed by atoms with Gasteiger partial charge in [-0.2, -0.15) is 5.26 Å². The van der Waals surface area contributed by atoms with Crippen LogP contribution in [-0.2, 0) is 4.79 Å². The molecule has 0 spiro atoms. The van der Waals surface area contributed by atoms with Crippen LogP contribution < -0.4 is 15.4 Å². The predicted molar refractivity (Wildman–Crippen MR) is 64.3 cm³/mol. The highest BCUT2D eigenvalue weighted by atomic mass is 35.5. The molecule has 0 unspecified atom stereocenters. The molecule has 1 rings (SSSR count). The Labute approximate surface area is 108 Å². The van der Waals surface area contributed by atoms with Crippen LogP contribution in [0.4, 0.5) is 4.79 Å². The van der Waals surface area contributed by atoms with Crippen LogP contribution in [0.3, 0.4) is 0 Å². The van der Waals surface area contributed by atoms with Crippen LogP contribution >= 0.6 is 11.6 Å². The SMILES string of the molecule is CNC(=O)NC(=O)COc1ccc(C#N)cc1Cl. The van der Waals surface area contributed by atoms with Gasteiger partial charge in [0, 0.05) is 7.05 Å². The summed E-state index contributed by atoms with van der Waals surface area (Å²) in [6, 6.07) is 5.72. The Bertz CT molecular complexity index is 511. The van der Waals surface area contributed by atoms with E-state index >= 15 is 0 Å². The molecule has 0 aliphatic rings. The van der Waals surface area contributed by atoms with Crippen molar-refractivity contribution in [3.63, 3.8) is 0 Å². The van der Waals surface area contributed by atoms with Crippen molar-refractivity contribution >= 4 is 23.5 Å². The van der Waals surface area contributed by atoms with Gasteiger partial charge in [0.05, 0.1) is 16.7 Å². The second kappa shape index (κ2) is 6.47. The van der Waals surface area contributed by atoms with Gasteiger partial charge in [-0.3, -0.25) is 10.1 Å². The summed E-state index contributed by atoms with van der Waals surface area (Å²) >= 11 is 5.84. The standard InChI is InChI=1S/C11H10ClN3O3/c1-14-11(17)15-10(16)6-18-9-3-2-7(5-13)4-8(9)12/h2-4H,6H2,1H3,(H2,14,15,16,17). The molecule has 0 aromatic heterocycles. The number of urea groups is 1. The third-order valence-electron chi connectivity index (χ3n) is 1.90. The summed E-state index contributed by atoms with van der Waals surface area (Å²) in [7, 11) is 1.39. The minimum atomic E-state index is -0.616. The monoisotopic (exact) mass is 267 g/mol. The summed E-state index contributed by atoms with van der Waals surface area (Å²) < 4.78 is 5.11. The highest BCUT2D eigenvalue weighted by molar-refractivity contribution is 6.32. The first-order chi connectivity index (χ1) is 8.56. The molecule has 1 aromatic carbocycles. The molecular formula is C11H10ClN3O3. The van der Waals surface area contributed by atoms with Crippen molar-refractivity contribution in [2.75, 3.05) is 13.7 Å². The largest absolute Gasteiger partial charge is 0.482 e. The number of ether oxygens (including phenoxy) is 1. The average molecular weight is 268 g/mol. The fraction of sp³-hybridized carbons (Fsp3) is 0.182. The first kappa shape index (κ1) is 13.8. The van der Waals surface area contributed by atoms with Crippen molar-refractivity contribution < 1.29 is 14.3 Å². The average Bonchev–Trinajstić information content (AvgIpc) is 2.36. The Morgan fingerprint density at radius 3 is 2.78 bits per heavy atom. The fourth-order valence-corrected chi connectivity index (χ4v) is 1.29. The van der Waals surface area contributed by atoms with E-state index in [0.717, 1.165) is 0 Å². The minimum Gasteiger partial charge on any atom is -0.482 e. The number of hydrogen-bond donors (Lipinski definition) is 2. The van der Waals surface area contributed by atoms with Crippen LogP contribution in [0.15, 0.2) is 18.2 Å². The molecule has 7 heteroatoms. The first-order valence-corrected chi connectivity index (χ1v) is 5.28. The maximum absolute atomic E-state index is 11.2. The topological polar surface area (TPSA) is 91.2 Å². The summed E-state index contributed by atoms with van der Waals surface area (Å²) in [4.78, 5) is 22.1. The second-order valence-corrected chi connectivity index (χ2v) is 3.58. The van der Waals surface area contributed by atoms with E-state index in [0.29, 0.717) is 5.56 Å². The van der Waals surface area contributed by atoms with Crippen LogP contribution in [0.25, 0.3) is 0 Å².